The minimum atomic E-state index is 0.272. The highest BCUT2D eigenvalue weighted by molar-refractivity contribution is 5.74. The van der Waals surface area contributed by atoms with Gasteiger partial charge in [-0.2, -0.15) is 0 Å². The molecule has 1 N–H and O–H groups in total. The lowest BCUT2D eigenvalue weighted by Gasteiger charge is -2.25. The van der Waals surface area contributed by atoms with Gasteiger partial charge in [0.25, 0.3) is 0 Å². The first-order valence-corrected chi connectivity index (χ1v) is 7.90. The van der Waals surface area contributed by atoms with Gasteiger partial charge in [-0.25, -0.2) is 14.6 Å². The van der Waals surface area contributed by atoms with E-state index in [4.69, 9.17) is 9.37 Å². The van der Waals surface area contributed by atoms with Gasteiger partial charge < -0.3 is 15.0 Å². The number of nitrogens with zero attached hydrogens (tertiary/aromatic N) is 5. The van der Waals surface area contributed by atoms with E-state index in [1.807, 2.05) is 25.2 Å². The van der Waals surface area contributed by atoms with E-state index in [0.717, 1.165) is 24.4 Å². The predicted molar refractivity (Wildman–Crippen MR) is 88.8 cm³/mol. The van der Waals surface area contributed by atoms with E-state index < -0.39 is 0 Å². The van der Waals surface area contributed by atoms with Crippen molar-refractivity contribution in [3.63, 3.8) is 0 Å². The highest BCUT2D eigenvalue weighted by Crippen LogP contribution is 2.27. The zero-order valence-corrected chi connectivity index (χ0v) is 13.3. The molecule has 124 valence electrons. The average Bonchev–Trinajstić information content (AvgIpc) is 3.30. The standard InChI is InChI=1S/C16H18N6O2/c1-22(12-7-8-23-10-12)16-15(17-9-11-5-3-2-4-6-11)18-13-14(19-16)21-24-20-13/h2-6,12H,7-10H2,1H3,(H,17,18,20). The number of anilines is 2. The fraction of sp³-hybridized carbons (Fsp3) is 0.375. The van der Waals surface area contributed by atoms with Crippen LogP contribution in [-0.4, -0.2) is 46.6 Å². The van der Waals surface area contributed by atoms with Gasteiger partial charge in [0.1, 0.15) is 0 Å². The number of aromatic nitrogens is 4. The fourth-order valence-electron chi connectivity index (χ4n) is 2.78. The summed E-state index contributed by atoms with van der Waals surface area (Å²) in [5.74, 6) is 1.39. The van der Waals surface area contributed by atoms with Gasteiger partial charge >= 0.3 is 0 Å². The van der Waals surface area contributed by atoms with Crippen molar-refractivity contribution in [1.82, 2.24) is 20.3 Å². The number of benzene rings is 1. The molecule has 0 spiro atoms. The minimum absolute atomic E-state index is 0.272. The molecule has 3 aromatic rings. The number of fused-ring (bicyclic) bond motifs is 1. The molecule has 1 saturated heterocycles. The summed E-state index contributed by atoms with van der Waals surface area (Å²) >= 11 is 0. The summed E-state index contributed by atoms with van der Waals surface area (Å²) in [4.78, 5) is 11.2. The Morgan fingerprint density at radius 3 is 2.71 bits per heavy atom. The lowest BCUT2D eigenvalue weighted by atomic mass is 10.2. The van der Waals surface area contributed by atoms with Crippen molar-refractivity contribution in [3.8, 4) is 0 Å². The second-order valence-electron chi connectivity index (χ2n) is 5.77. The van der Waals surface area contributed by atoms with E-state index in [9.17, 15) is 0 Å². The third kappa shape index (κ3) is 2.88. The maximum absolute atomic E-state index is 5.48. The number of hydrogen-bond donors (Lipinski definition) is 1. The van der Waals surface area contributed by atoms with Crippen LogP contribution in [0.15, 0.2) is 35.0 Å². The third-order valence-corrected chi connectivity index (χ3v) is 4.19. The Balaban J connectivity index is 1.65. The molecule has 8 heteroatoms. The largest absolute Gasteiger partial charge is 0.379 e. The molecule has 0 saturated carbocycles. The van der Waals surface area contributed by atoms with E-state index in [0.29, 0.717) is 30.3 Å². The molecule has 0 bridgehead atoms. The first-order chi connectivity index (χ1) is 11.8. The molecule has 4 rings (SSSR count). The Kier molecular flexibility index (Phi) is 3.96. The Morgan fingerprint density at radius 1 is 1.17 bits per heavy atom. The number of nitrogens with one attached hydrogen (secondary N) is 1. The second-order valence-corrected chi connectivity index (χ2v) is 5.77. The molecule has 3 heterocycles. The average molecular weight is 326 g/mol. The van der Waals surface area contributed by atoms with E-state index >= 15 is 0 Å². The zero-order chi connectivity index (χ0) is 16.4. The van der Waals surface area contributed by atoms with Crippen LogP contribution in [0.4, 0.5) is 11.6 Å². The monoisotopic (exact) mass is 326 g/mol. The molecule has 0 amide bonds. The Bertz CT molecular complexity index is 816. The molecule has 1 aliphatic heterocycles. The summed E-state index contributed by atoms with van der Waals surface area (Å²) in [5.41, 5.74) is 1.96. The van der Waals surface area contributed by atoms with Crippen molar-refractivity contribution in [3.05, 3.63) is 35.9 Å². The van der Waals surface area contributed by atoms with Gasteiger partial charge in [0.05, 0.1) is 12.6 Å². The number of rotatable bonds is 5. The smallest absolute Gasteiger partial charge is 0.245 e. The maximum atomic E-state index is 5.48. The van der Waals surface area contributed by atoms with E-state index in [1.54, 1.807) is 0 Å². The number of hydrogen-bond acceptors (Lipinski definition) is 8. The second kappa shape index (κ2) is 6.40. The Morgan fingerprint density at radius 2 is 1.96 bits per heavy atom. The van der Waals surface area contributed by atoms with Crippen LogP contribution in [0.1, 0.15) is 12.0 Å². The molecule has 1 unspecified atom stereocenters. The van der Waals surface area contributed by atoms with Crippen molar-refractivity contribution in [2.75, 3.05) is 30.5 Å². The van der Waals surface area contributed by atoms with E-state index in [2.05, 4.69) is 42.6 Å². The molecule has 8 nitrogen and oxygen atoms in total. The summed E-state index contributed by atoms with van der Waals surface area (Å²) in [5, 5.41) is 10.9. The third-order valence-electron chi connectivity index (χ3n) is 4.19. The molecule has 1 fully saturated rings. The van der Waals surface area contributed by atoms with Gasteiger partial charge in [0, 0.05) is 20.2 Å². The van der Waals surface area contributed by atoms with Crippen LogP contribution in [0.2, 0.25) is 0 Å². The van der Waals surface area contributed by atoms with Crippen LogP contribution in [0.3, 0.4) is 0 Å². The van der Waals surface area contributed by atoms with Crippen molar-refractivity contribution in [1.29, 1.82) is 0 Å². The van der Waals surface area contributed by atoms with Gasteiger partial charge in [-0.05, 0) is 22.3 Å². The van der Waals surface area contributed by atoms with E-state index in [-0.39, 0.29) is 6.04 Å². The molecule has 2 aromatic heterocycles. The topological polar surface area (TPSA) is 89.2 Å². The van der Waals surface area contributed by atoms with Crippen molar-refractivity contribution in [2.24, 2.45) is 0 Å². The molecular weight excluding hydrogens is 308 g/mol. The summed E-state index contributed by atoms with van der Waals surface area (Å²) in [6.45, 7) is 2.10. The van der Waals surface area contributed by atoms with Gasteiger partial charge in [-0.15, -0.1) is 0 Å². The van der Waals surface area contributed by atoms with Crippen molar-refractivity contribution in [2.45, 2.75) is 19.0 Å². The normalized spacial score (nSPS) is 17.3. The molecule has 24 heavy (non-hydrogen) atoms. The molecule has 0 aliphatic carbocycles. The first-order valence-electron chi connectivity index (χ1n) is 7.90. The van der Waals surface area contributed by atoms with Crippen LogP contribution < -0.4 is 10.2 Å². The van der Waals surface area contributed by atoms with Gasteiger partial charge in [-0.3, -0.25) is 0 Å². The molecule has 1 aromatic carbocycles. The summed E-state index contributed by atoms with van der Waals surface area (Å²) in [6.07, 6.45) is 0.964. The fourth-order valence-corrected chi connectivity index (χ4v) is 2.78. The van der Waals surface area contributed by atoms with Crippen LogP contribution in [0.5, 0.6) is 0 Å². The SMILES string of the molecule is CN(c1nc2nonc2nc1NCc1ccccc1)C1CCOC1. The van der Waals surface area contributed by atoms with Crippen LogP contribution in [0.25, 0.3) is 11.3 Å². The number of likely N-dealkylation sites (N-methyl/N-ethyl adjacent to an activating group) is 1. The summed E-state index contributed by atoms with van der Waals surface area (Å²) in [6, 6.07) is 10.4. The highest BCUT2D eigenvalue weighted by Gasteiger charge is 2.25. The van der Waals surface area contributed by atoms with E-state index in [1.165, 1.54) is 0 Å². The lowest BCUT2D eigenvalue weighted by Crippen LogP contribution is -2.33. The summed E-state index contributed by atoms with van der Waals surface area (Å²) in [7, 11) is 2.00. The minimum Gasteiger partial charge on any atom is -0.379 e. The van der Waals surface area contributed by atoms with Gasteiger partial charge in [0.15, 0.2) is 11.6 Å². The molecule has 0 radical (unpaired) electrons. The quantitative estimate of drug-likeness (QED) is 0.760. The van der Waals surface area contributed by atoms with Crippen LogP contribution in [-0.2, 0) is 11.3 Å². The lowest BCUT2D eigenvalue weighted by molar-refractivity contribution is 0.193. The van der Waals surface area contributed by atoms with Gasteiger partial charge in [-0.1, -0.05) is 30.3 Å². The first kappa shape index (κ1) is 14.8. The number of ether oxygens (including phenoxy) is 1. The summed E-state index contributed by atoms with van der Waals surface area (Å²) < 4.78 is 10.2. The maximum Gasteiger partial charge on any atom is 0.245 e. The van der Waals surface area contributed by atoms with Gasteiger partial charge in [0.2, 0.25) is 11.3 Å². The van der Waals surface area contributed by atoms with Crippen LogP contribution in [0, 0.1) is 0 Å². The van der Waals surface area contributed by atoms with Crippen molar-refractivity contribution < 1.29 is 9.37 Å². The predicted octanol–water partition coefficient (Wildman–Crippen LogP) is 1.85. The molecule has 1 aliphatic rings. The molecule has 1 atom stereocenters. The molecular formula is C16H18N6O2. The highest BCUT2D eigenvalue weighted by atomic mass is 16.6. The Hall–Kier alpha value is -2.74. The van der Waals surface area contributed by atoms with Crippen LogP contribution >= 0.6 is 0 Å². The Labute approximate surface area is 138 Å². The van der Waals surface area contributed by atoms with Crippen molar-refractivity contribution >= 4 is 22.9 Å². The zero-order valence-electron chi connectivity index (χ0n) is 13.3.